The fourth-order valence-corrected chi connectivity index (χ4v) is 2.26. The molecule has 0 heterocycles. The van der Waals surface area contributed by atoms with E-state index in [0.717, 1.165) is 0 Å². The Balaban J connectivity index is 3.90. The largest absolute Gasteiger partial charge is 0.282 e. The van der Waals surface area contributed by atoms with Crippen LogP contribution in [0, 0.1) is 34.1 Å². The average molecular weight is 266 g/mol. The van der Waals surface area contributed by atoms with Crippen molar-refractivity contribution in [2.75, 3.05) is 0 Å². The SMILES string of the molecule is CCC(C)(C)c1c([N+](=O)[O-])c(C)cc(C)c1[N+](=O)[O-]. The Hall–Kier alpha value is -1.98. The lowest BCUT2D eigenvalue weighted by Crippen LogP contribution is -2.21. The molecule has 0 radical (unpaired) electrons. The van der Waals surface area contributed by atoms with E-state index in [2.05, 4.69) is 0 Å². The molecule has 0 atom stereocenters. The fourth-order valence-electron chi connectivity index (χ4n) is 2.26. The van der Waals surface area contributed by atoms with Gasteiger partial charge in [-0.1, -0.05) is 20.8 Å². The molecule has 0 fully saturated rings. The van der Waals surface area contributed by atoms with Gasteiger partial charge in [0, 0.05) is 16.5 Å². The van der Waals surface area contributed by atoms with Crippen molar-refractivity contribution < 1.29 is 9.85 Å². The van der Waals surface area contributed by atoms with Gasteiger partial charge in [0.1, 0.15) is 5.56 Å². The van der Waals surface area contributed by atoms with Crippen molar-refractivity contribution >= 4 is 11.4 Å². The first kappa shape index (κ1) is 15.1. The Morgan fingerprint density at radius 3 is 1.68 bits per heavy atom. The van der Waals surface area contributed by atoms with Crippen LogP contribution in [0.3, 0.4) is 0 Å². The summed E-state index contributed by atoms with van der Waals surface area (Å²) >= 11 is 0. The highest BCUT2D eigenvalue weighted by atomic mass is 16.6. The minimum Gasteiger partial charge on any atom is -0.258 e. The van der Waals surface area contributed by atoms with E-state index in [1.807, 2.05) is 6.92 Å². The first-order chi connectivity index (χ1) is 8.63. The second-order valence-electron chi connectivity index (χ2n) is 5.33. The van der Waals surface area contributed by atoms with Crippen LogP contribution in [0.25, 0.3) is 0 Å². The maximum absolute atomic E-state index is 11.3. The number of nitro groups is 2. The van der Waals surface area contributed by atoms with Crippen molar-refractivity contribution in [2.45, 2.75) is 46.5 Å². The Morgan fingerprint density at radius 1 is 1.05 bits per heavy atom. The van der Waals surface area contributed by atoms with E-state index in [1.54, 1.807) is 27.7 Å². The van der Waals surface area contributed by atoms with Crippen LogP contribution in [0.5, 0.6) is 0 Å². The molecule has 0 aliphatic rings. The number of hydrogen-bond acceptors (Lipinski definition) is 4. The smallest absolute Gasteiger partial charge is 0.258 e. The normalized spacial score (nSPS) is 11.4. The molecule has 0 saturated carbocycles. The lowest BCUT2D eigenvalue weighted by molar-refractivity contribution is -0.397. The Bertz CT molecular complexity index is 512. The summed E-state index contributed by atoms with van der Waals surface area (Å²) in [4.78, 5) is 21.5. The van der Waals surface area contributed by atoms with E-state index < -0.39 is 15.3 Å². The summed E-state index contributed by atoms with van der Waals surface area (Å²) in [5.41, 5.74) is 0.256. The maximum atomic E-state index is 11.3. The predicted octanol–water partition coefficient (Wildman–Crippen LogP) is 3.81. The molecule has 0 spiro atoms. The molecule has 0 saturated heterocycles. The topological polar surface area (TPSA) is 86.3 Å². The lowest BCUT2D eigenvalue weighted by Gasteiger charge is -2.24. The van der Waals surface area contributed by atoms with E-state index in [-0.39, 0.29) is 16.9 Å². The van der Waals surface area contributed by atoms with Gasteiger partial charge in [-0.15, -0.1) is 0 Å². The summed E-state index contributed by atoms with van der Waals surface area (Å²) < 4.78 is 0. The van der Waals surface area contributed by atoms with Gasteiger partial charge < -0.3 is 0 Å². The molecular weight excluding hydrogens is 248 g/mol. The third kappa shape index (κ3) is 2.57. The molecule has 0 unspecified atom stereocenters. The molecule has 104 valence electrons. The molecule has 0 aliphatic carbocycles. The molecule has 19 heavy (non-hydrogen) atoms. The van der Waals surface area contributed by atoms with Crippen molar-refractivity contribution in [1.29, 1.82) is 0 Å². The van der Waals surface area contributed by atoms with Gasteiger partial charge in [-0.2, -0.15) is 0 Å². The number of nitro benzene ring substituents is 2. The minimum absolute atomic E-state index is 0.135. The van der Waals surface area contributed by atoms with Crippen LogP contribution in [0.15, 0.2) is 6.07 Å². The quantitative estimate of drug-likeness (QED) is 0.612. The van der Waals surface area contributed by atoms with Crippen LogP contribution in [-0.4, -0.2) is 9.85 Å². The van der Waals surface area contributed by atoms with Gasteiger partial charge in [0.15, 0.2) is 0 Å². The zero-order valence-corrected chi connectivity index (χ0v) is 11.8. The van der Waals surface area contributed by atoms with E-state index in [4.69, 9.17) is 0 Å². The van der Waals surface area contributed by atoms with Gasteiger partial charge in [0.25, 0.3) is 11.4 Å². The molecule has 0 aliphatic heterocycles. The van der Waals surface area contributed by atoms with Gasteiger partial charge in [-0.25, -0.2) is 0 Å². The highest BCUT2D eigenvalue weighted by molar-refractivity contribution is 5.64. The molecular formula is C13H18N2O4. The van der Waals surface area contributed by atoms with Crippen molar-refractivity contribution in [3.8, 4) is 0 Å². The van der Waals surface area contributed by atoms with Crippen LogP contribution in [0.2, 0.25) is 0 Å². The number of hydrogen-bond donors (Lipinski definition) is 0. The summed E-state index contributed by atoms with van der Waals surface area (Å²) in [6.45, 7) is 8.68. The van der Waals surface area contributed by atoms with Gasteiger partial charge in [0.05, 0.1) is 9.85 Å². The molecule has 0 amide bonds. The standard InChI is InChI=1S/C13H18N2O4/c1-6-13(4,5)10-11(14(16)17)8(2)7-9(3)12(10)15(18)19/h7H,6H2,1-5H3. The Kier molecular flexibility index (Phi) is 3.93. The van der Waals surface area contributed by atoms with E-state index in [1.165, 1.54) is 6.07 Å². The van der Waals surface area contributed by atoms with Crippen LogP contribution < -0.4 is 0 Å². The van der Waals surface area contributed by atoms with Crippen molar-refractivity contribution in [1.82, 2.24) is 0 Å². The second kappa shape index (κ2) is 4.95. The van der Waals surface area contributed by atoms with Crippen LogP contribution in [0.1, 0.15) is 43.9 Å². The van der Waals surface area contributed by atoms with Crippen molar-refractivity contribution in [3.05, 3.63) is 43.0 Å². The summed E-state index contributed by atoms with van der Waals surface area (Å²) in [6, 6.07) is 1.51. The second-order valence-corrected chi connectivity index (χ2v) is 5.33. The predicted molar refractivity (Wildman–Crippen MR) is 72.5 cm³/mol. The molecule has 0 N–H and O–H groups in total. The molecule has 6 heteroatoms. The number of nitrogens with zero attached hydrogens (tertiary/aromatic N) is 2. The van der Waals surface area contributed by atoms with Crippen molar-refractivity contribution in [3.63, 3.8) is 0 Å². The molecule has 0 aromatic heterocycles. The number of aryl methyl sites for hydroxylation is 2. The van der Waals surface area contributed by atoms with Crippen LogP contribution in [0.4, 0.5) is 11.4 Å². The molecule has 1 aromatic carbocycles. The Morgan fingerprint density at radius 2 is 1.42 bits per heavy atom. The summed E-state index contributed by atoms with van der Waals surface area (Å²) in [5.74, 6) is 0. The van der Waals surface area contributed by atoms with Gasteiger partial charge in [-0.3, -0.25) is 20.2 Å². The number of benzene rings is 1. The van der Waals surface area contributed by atoms with Gasteiger partial charge in [-0.05, 0) is 26.3 Å². The first-order valence-corrected chi connectivity index (χ1v) is 6.07. The Labute approximate surface area is 111 Å². The van der Waals surface area contributed by atoms with Gasteiger partial charge >= 0.3 is 0 Å². The zero-order valence-electron chi connectivity index (χ0n) is 11.8. The average Bonchev–Trinajstić information content (AvgIpc) is 2.26. The van der Waals surface area contributed by atoms with E-state index >= 15 is 0 Å². The first-order valence-electron chi connectivity index (χ1n) is 6.07. The zero-order chi connectivity index (χ0) is 15.0. The summed E-state index contributed by atoms with van der Waals surface area (Å²) in [5, 5.41) is 22.5. The van der Waals surface area contributed by atoms with Crippen LogP contribution >= 0.6 is 0 Å². The molecule has 1 aromatic rings. The number of rotatable bonds is 4. The lowest BCUT2D eigenvalue weighted by atomic mass is 9.78. The van der Waals surface area contributed by atoms with E-state index in [0.29, 0.717) is 17.5 Å². The van der Waals surface area contributed by atoms with Crippen LogP contribution in [-0.2, 0) is 5.41 Å². The molecule has 0 bridgehead atoms. The maximum Gasteiger partial charge on any atom is 0.282 e. The third-order valence-electron chi connectivity index (χ3n) is 3.58. The fraction of sp³-hybridized carbons (Fsp3) is 0.538. The van der Waals surface area contributed by atoms with E-state index in [9.17, 15) is 20.2 Å². The summed E-state index contributed by atoms with van der Waals surface area (Å²) in [6.07, 6.45) is 0.581. The minimum atomic E-state index is -0.623. The van der Waals surface area contributed by atoms with Crippen molar-refractivity contribution in [2.24, 2.45) is 0 Å². The highest BCUT2D eigenvalue weighted by Gasteiger charge is 2.38. The van der Waals surface area contributed by atoms with Gasteiger partial charge in [0.2, 0.25) is 0 Å². The molecule has 1 rings (SSSR count). The third-order valence-corrected chi connectivity index (χ3v) is 3.58. The summed E-state index contributed by atoms with van der Waals surface area (Å²) in [7, 11) is 0. The monoisotopic (exact) mass is 266 g/mol. The highest BCUT2D eigenvalue weighted by Crippen LogP contribution is 2.43. The molecule has 6 nitrogen and oxygen atoms in total.